The smallest absolute Gasteiger partial charge is 0.141 e. The van der Waals surface area contributed by atoms with Crippen LogP contribution in [0.1, 0.15) is 12.2 Å². The van der Waals surface area contributed by atoms with Crippen LogP contribution >= 0.6 is 11.6 Å². The van der Waals surface area contributed by atoms with E-state index in [0.29, 0.717) is 18.8 Å². The summed E-state index contributed by atoms with van der Waals surface area (Å²) < 4.78 is 18.9. The van der Waals surface area contributed by atoms with Gasteiger partial charge in [-0.2, -0.15) is 0 Å². The minimum atomic E-state index is -0.436. The standard InChI is InChI=1S/C16H20ClFN2O2/c17-14-10-12(2-4-15(14)18)16-5-3-13(22-16)11-20-7-1-6-19-8-9-21/h2-5,10,19-21H,1,6-9,11H2. The third kappa shape index (κ3) is 5.10. The molecule has 6 heteroatoms. The van der Waals surface area contributed by atoms with Crippen LogP contribution in [0.25, 0.3) is 11.3 Å². The molecule has 0 bridgehead atoms. The van der Waals surface area contributed by atoms with Gasteiger partial charge in [0.15, 0.2) is 0 Å². The molecule has 0 aliphatic rings. The van der Waals surface area contributed by atoms with Gasteiger partial charge in [-0.05, 0) is 49.8 Å². The molecular formula is C16H20ClFN2O2. The molecule has 1 aromatic heterocycles. The summed E-state index contributed by atoms with van der Waals surface area (Å²) in [5, 5.41) is 15.1. The zero-order valence-corrected chi connectivity index (χ0v) is 13.0. The van der Waals surface area contributed by atoms with E-state index in [4.69, 9.17) is 21.1 Å². The van der Waals surface area contributed by atoms with E-state index < -0.39 is 5.82 Å². The molecule has 120 valence electrons. The van der Waals surface area contributed by atoms with Crippen LogP contribution in [0.15, 0.2) is 34.7 Å². The van der Waals surface area contributed by atoms with Crippen molar-refractivity contribution in [3.8, 4) is 11.3 Å². The second kappa shape index (κ2) is 8.90. The fourth-order valence-electron chi connectivity index (χ4n) is 2.03. The molecule has 0 amide bonds. The molecule has 0 aliphatic heterocycles. The van der Waals surface area contributed by atoms with E-state index in [1.54, 1.807) is 12.1 Å². The average molecular weight is 327 g/mol. The van der Waals surface area contributed by atoms with Gasteiger partial charge in [0.05, 0.1) is 18.2 Å². The fraction of sp³-hybridized carbons (Fsp3) is 0.375. The molecule has 0 fully saturated rings. The van der Waals surface area contributed by atoms with Gasteiger partial charge in [-0.3, -0.25) is 0 Å². The Morgan fingerprint density at radius 2 is 1.91 bits per heavy atom. The summed E-state index contributed by atoms with van der Waals surface area (Å²) >= 11 is 5.77. The van der Waals surface area contributed by atoms with Crippen LogP contribution in [-0.4, -0.2) is 31.3 Å². The summed E-state index contributed by atoms with van der Waals surface area (Å²) in [6.07, 6.45) is 0.973. The van der Waals surface area contributed by atoms with Crippen LogP contribution in [0.2, 0.25) is 5.02 Å². The molecule has 4 nitrogen and oxygen atoms in total. The SMILES string of the molecule is OCCNCCCNCc1ccc(-c2ccc(F)c(Cl)c2)o1. The topological polar surface area (TPSA) is 57.4 Å². The number of benzene rings is 1. The minimum Gasteiger partial charge on any atom is -0.460 e. The normalized spacial score (nSPS) is 11.0. The number of nitrogens with one attached hydrogen (secondary N) is 2. The first-order chi connectivity index (χ1) is 10.7. The van der Waals surface area contributed by atoms with Crippen molar-refractivity contribution in [1.82, 2.24) is 10.6 Å². The molecular weight excluding hydrogens is 307 g/mol. The number of furan rings is 1. The number of hydrogen-bond donors (Lipinski definition) is 3. The number of hydrogen-bond acceptors (Lipinski definition) is 4. The van der Waals surface area contributed by atoms with Crippen LogP contribution in [0, 0.1) is 5.82 Å². The lowest BCUT2D eigenvalue weighted by Crippen LogP contribution is -2.23. The second-order valence-electron chi connectivity index (χ2n) is 4.90. The maximum atomic E-state index is 13.1. The minimum absolute atomic E-state index is 0.0870. The van der Waals surface area contributed by atoms with Crippen LogP contribution < -0.4 is 10.6 Å². The maximum absolute atomic E-state index is 13.1. The predicted molar refractivity (Wildman–Crippen MR) is 85.4 cm³/mol. The lowest BCUT2D eigenvalue weighted by atomic mass is 10.2. The summed E-state index contributed by atoms with van der Waals surface area (Å²) in [5.41, 5.74) is 0.755. The molecule has 1 heterocycles. The van der Waals surface area contributed by atoms with E-state index in [1.165, 1.54) is 6.07 Å². The molecule has 0 atom stereocenters. The Balaban J connectivity index is 1.78. The van der Waals surface area contributed by atoms with Gasteiger partial charge >= 0.3 is 0 Å². The Hall–Kier alpha value is -1.40. The molecule has 0 unspecified atom stereocenters. The summed E-state index contributed by atoms with van der Waals surface area (Å²) in [6.45, 7) is 3.15. The molecule has 2 aromatic rings. The molecule has 22 heavy (non-hydrogen) atoms. The van der Waals surface area contributed by atoms with Gasteiger partial charge in [-0.25, -0.2) is 4.39 Å². The highest BCUT2D eigenvalue weighted by molar-refractivity contribution is 6.31. The van der Waals surface area contributed by atoms with Crippen molar-refractivity contribution in [3.63, 3.8) is 0 Å². The molecule has 0 spiro atoms. The van der Waals surface area contributed by atoms with Crippen molar-refractivity contribution in [2.24, 2.45) is 0 Å². The van der Waals surface area contributed by atoms with E-state index in [0.717, 1.165) is 30.8 Å². The molecule has 0 aliphatic carbocycles. The zero-order valence-electron chi connectivity index (χ0n) is 12.2. The molecule has 0 saturated carbocycles. The van der Waals surface area contributed by atoms with E-state index >= 15 is 0 Å². The first kappa shape index (κ1) is 17.0. The van der Waals surface area contributed by atoms with Gasteiger partial charge in [0, 0.05) is 12.1 Å². The van der Waals surface area contributed by atoms with Gasteiger partial charge < -0.3 is 20.2 Å². The quantitative estimate of drug-likeness (QED) is 0.620. The highest BCUT2D eigenvalue weighted by atomic mass is 35.5. The zero-order chi connectivity index (χ0) is 15.8. The molecule has 1 aromatic carbocycles. The van der Waals surface area contributed by atoms with Crippen LogP contribution in [-0.2, 0) is 6.54 Å². The number of aliphatic hydroxyl groups is 1. The Labute approximate surface area is 134 Å². The Morgan fingerprint density at radius 3 is 2.68 bits per heavy atom. The second-order valence-corrected chi connectivity index (χ2v) is 5.31. The van der Waals surface area contributed by atoms with Gasteiger partial charge in [0.1, 0.15) is 17.3 Å². The van der Waals surface area contributed by atoms with Crippen LogP contribution in [0.3, 0.4) is 0 Å². The van der Waals surface area contributed by atoms with Crippen molar-refractivity contribution >= 4 is 11.6 Å². The third-order valence-electron chi connectivity index (χ3n) is 3.16. The number of halogens is 2. The Kier molecular flexibility index (Phi) is 6.86. The molecule has 2 rings (SSSR count). The first-order valence-electron chi connectivity index (χ1n) is 7.27. The Bertz CT molecular complexity index is 589. The lowest BCUT2D eigenvalue weighted by molar-refractivity contribution is 0.292. The van der Waals surface area contributed by atoms with Gasteiger partial charge in [-0.1, -0.05) is 11.6 Å². The largest absolute Gasteiger partial charge is 0.460 e. The van der Waals surface area contributed by atoms with Crippen molar-refractivity contribution in [1.29, 1.82) is 0 Å². The maximum Gasteiger partial charge on any atom is 0.141 e. The summed E-state index contributed by atoms with van der Waals surface area (Å²) in [5.74, 6) is 1.05. The summed E-state index contributed by atoms with van der Waals surface area (Å²) in [6, 6.07) is 8.27. The van der Waals surface area contributed by atoms with Gasteiger partial charge in [0.25, 0.3) is 0 Å². The van der Waals surface area contributed by atoms with Crippen molar-refractivity contribution in [2.45, 2.75) is 13.0 Å². The van der Waals surface area contributed by atoms with Crippen LogP contribution in [0.4, 0.5) is 4.39 Å². The predicted octanol–water partition coefficient (Wildman–Crippen LogP) is 2.80. The van der Waals surface area contributed by atoms with Crippen molar-refractivity contribution in [2.75, 3.05) is 26.2 Å². The molecule has 0 saturated heterocycles. The average Bonchev–Trinajstić information content (AvgIpc) is 2.98. The van der Waals surface area contributed by atoms with E-state index in [-0.39, 0.29) is 11.6 Å². The Morgan fingerprint density at radius 1 is 1.09 bits per heavy atom. The third-order valence-corrected chi connectivity index (χ3v) is 3.45. The van der Waals surface area contributed by atoms with E-state index in [1.807, 2.05) is 12.1 Å². The lowest BCUT2D eigenvalue weighted by Gasteiger charge is -2.04. The molecule has 0 radical (unpaired) electrons. The van der Waals surface area contributed by atoms with Crippen LogP contribution in [0.5, 0.6) is 0 Å². The fourth-order valence-corrected chi connectivity index (χ4v) is 2.21. The monoisotopic (exact) mass is 326 g/mol. The van der Waals surface area contributed by atoms with Gasteiger partial charge in [-0.15, -0.1) is 0 Å². The van der Waals surface area contributed by atoms with Crippen molar-refractivity contribution in [3.05, 3.63) is 46.9 Å². The highest BCUT2D eigenvalue weighted by Crippen LogP contribution is 2.26. The van der Waals surface area contributed by atoms with E-state index in [2.05, 4.69) is 10.6 Å². The number of rotatable bonds is 9. The van der Waals surface area contributed by atoms with Crippen molar-refractivity contribution < 1.29 is 13.9 Å². The summed E-state index contributed by atoms with van der Waals surface area (Å²) in [7, 11) is 0. The highest BCUT2D eigenvalue weighted by Gasteiger charge is 2.07. The van der Waals surface area contributed by atoms with E-state index in [9.17, 15) is 4.39 Å². The first-order valence-corrected chi connectivity index (χ1v) is 7.65. The number of aliphatic hydroxyl groups excluding tert-OH is 1. The summed E-state index contributed by atoms with van der Waals surface area (Å²) in [4.78, 5) is 0. The molecule has 3 N–H and O–H groups in total. The van der Waals surface area contributed by atoms with Gasteiger partial charge in [0.2, 0.25) is 0 Å².